The van der Waals surface area contributed by atoms with Crippen LogP contribution < -0.4 is 5.56 Å². The molecule has 0 bridgehead atoms. The Morgan fingerprint density at radius 2 is 2.19 bits per heavy atom. The Morgan fingerprint density at radius 1 is 1.37 bits per heavy atom. The van der Waals surface area contributed by atoms with Gasteiger partial charge in [-0.1, -0.05) is 17.3 Å². The van der Waals surface area contributed by atoms with Crippen molar-refractivity contribution in [2.24, 2.45) is 0 Å². The quantitative estimate of drug-likeness (QED) is 0.752. The van der Waals surface area contributed by atoms with Gasteiger partial charge in [0, 0.05) is 6.54 Å². The van der Waals surface area contributed by atoms with E-state index in [1.54, 1.807) is 30.0 Å². The molecule has 27 heavy (non-hydrogen) atoms. The van der Waals surface area contributed by atoms with Crippen molar-refractivity contribution < 1.29 is 14.4 Å². The van der Waals surface area contributed by atoms with Crippen LogP contribution in [-0.4, -0.2) is 43.8 Å². The molecule has 8 heteroatoms. The molecule has 1 amide bonds. The number of fused-ring (bicyclic) bond motifs is 1. The summed E-state index contributed by atoms with van der Waals surface area (Å²) in [5.74, 6) is 0.784. The van der Waals surface area contributed by atoms with E-state index < -0.39 is 0 Å². The van der Waals surface area contributed by atoms with Crippen molar-refractivity contribution in [2.75, 3.05) is 13.2 Å². The molecule has 1 aliphatic heterocycles. The van der Waals surface area contributed by atoms with Gasteiger partial charge in [-0.25, -0.2) is 4.98 Å². The SMILES string of the molecule is Cc1oncc1C(=O)N1CCCC1c1nc2ccccc2c(=O)n1CCO. The van der Waals surface area contributed by atoms with E-state index in [1.165, 1.54) is 10.8 Å². The molecule has 0 saturated carbocycles. The molecule has 1 N–H and O–H groups in total. The van der Waals surface area contributed by atoms with Gasteiger partial charge in [-0.15, -0.1) is 0 Å². The average molecular weight is 368 g/mol. The molecule has 1 aliphatic rings. The molecule has 1 unspecified atom stereocenters. The van der Waals surface area contributed by atoms with Crippen LogP contribution >= 0.6 is 0 Å². The van der Waals surface area contributed by atoms with E-state index in [4.69, 9.17) is 9.51 Å². The molecule has 3 aromatic rings. The van der Waals surface area contributed by atoms with E-state index in [1.807, 2.05) is 6.07 Å². The van der Waals surface area contributed by atoms with Gasteiger partial charge < -0.3 is 14.5 Å². The van der Waals surface area contributed by atoms with Crippen LogP contribution in [0.3, 0.4) is 0 Å². The number of rotatable bonds is 4. The zero-order valence-corrected chi connectivity index (χ0v) is 15.0. The molecular formula is C19H20N4O4. The molecule has 4 rings (SSSR count). The predicted octanol–water partition coefficient (Wildman–Crippen LogP) is 1.66. The summed E-state index contributed by atoms with van der Waals surface area (Å²) in [4.78, 5) is 32.3. The summed E-state index contributed by atoms with van der Waals surface area (Å²) in [6.07, 6.45) is 2.93. The molecule has 8 nitrogen and oxygen atoms in total. The number of carbonyl (C=O) groups excluding carboxylic acids is 1. The number of benzene rings is 1. The van der Waals surface area contributed by atoms with Gasteiger partial charge in [0.15, 0.2) is 0 Å². The summed E-state index contributed by atoms with van der Waals surface area (Å²) in [7, 11) is 0. The van der Waals surface area contributed by atoms with Gasteiger partial charge in [-0.3, -0.25) is 14.2 Å². The molecule has 0 radical (unpaired) electrons. The fourth-order valence-corrected chi connectivity index (χ4v) is 3.69. The monoisotopic (exact) mass is 368 g/mol. The molecule has 1 aromatic carbocycles. The standard InChI is InChI=1S/C19H20N4O4/c1-12-14(11-20-27-12)19(26)22-8-4-7-16(22)17-21-15-6-3-2-5-13(15)18(25)23(17)9-10-24/h2-3,5-6,11,16,24H,4,7-10H2,1H3. The van der Waals surface area contributed by atoms with Crippen LogP contribution in [0.25, 0.3) is 10.9 Å². The fourth-order valence-electron chi connectivity index (χ4n) is 3.69. The van der Waals surface area contributed by atoms with Crippen LogP contribution in [0.5, 0.6) is 0 Å². The highest BCUT2D eigenvalue weighted by molar-refractivity contribution is 5.95. The summed E-state index contributed by atoms with van der Waals surface area (Å²) in [6.45, 7) is 2.21. The first kappa shape index (κ1) is 17.4. The van der Waals surface area contributed by atoms with E-state index in [0.29, 0.717) is 41.0 Å². The third kappa shape index (κ3) is 2.91. The number of amides is 1. The van der Waals surface area contributed by atoms with Gasteiger partial charge in [-0.05, 0) is 31.9 Å². The number of nitrogens with zero attached hydrogens (tertiary/aromatic N) is 4. The van der Waals surface area contributed by atoms with Gasteiger partial charge in [-0.2, -0.15) is 0 Å². The largest absolute Gasteiger partial charge is 0.395 e. The van der Waals surface area contributed by atoms with Gasteiger partial charge in [0.25, 0.3) is 11.5 Å². The summed E-state index contributed by atoms with van der Waals surface area (Å²) in [5, 5.41) is 13.6. The highest BCUT2D eigenvalue weighted by Crippen LogP contribution is 2.32. The van der Waals surface area contributed by atoms with Crippen LogP contribution in [0.15, 0.2) is 39.8 Å². The lowest BCUT2D eigenvalue weighted by atomic mass is 10.1. The number of aliphatic hydroxyl groups excluding tert-OH is 1. The van der Waals surface area contributed by atoms with Crippen molar-refractivity contribution in [1.29, 1.82) is 0 Å². The Bertz CT molecular complexity index is 1060. The number of hydrogen-bond donors (Lipinski definition) is 1. The van der Waals surface area contributed by atoms with Crippen LogP contribution in [0.4, 0.5) is 0 Å². The molecule has 1 saturated heterocycles. The van der Waals surface area contributed by atoms with Crippen molar-refractivity contribution >= 4 is 16.8 Å². The van der Waals surface area contributed by atoms with Crippen LogP contribution in [-0.2, 0) is 6.54 Å². The minimum atomic E-state index is -0.337. The summed E-state index contributed by atoms with van der Waals surface area (Å²) in [5.41, 5.74) is 0.802. The Labute approximate surface area is 155 Å². The number of aryl methyl sites for hydroxylation is 1. The Hall–Kier alpha value is -3.00. The summed E-state index contributed by atoms with van der Waals surface area (Å²) in [6, 6.07) is 6.78. The maximum absolute atomic E-state index is 13.0. The molecule has 140 valence electrons. The van der Waals surface area contributed by atoms with Crippen LogP contribution in [0, 0.1) is 6.92 Å². The smallest absolute Gasteiger partial charge is 0.261 e. The Morgan fingerprint density at radius 3 is 2.93 bits per heavy atom. The number of likely N-dealkylation sites (tertiary alicyclic amines) is 1. The number of carbonyl (C=O) groups is 1. The first-order valence-corrected chi connectivity index (χ1v) is 8.94. The summed E-state index contributed by atoms with van der Waals surface area (Å²) >= 11 is 0. The van der Waals surface area contributed by atoms with Crippen molar-refractivity contribution in [1.82, 2.24) is 19.6 Å². The van der Waals surface area contributed by atoms with Gasteiger partial charge in [0.1, 0.15) is 17.1 Å². The zero-order valence-electron chi connectivity index (χ0n) is 15.0. The first-order valence-electron chi connectivity index (χ1n) is 8.94. The van der Waals surface area contributed by atoms with E-state index in [9.17, 15) is 14.7 Å². The van der Waals surface area contributed by atoms with Crippen molar-refractivity contribution in [3.63, 3.8) is 0 Å². The second kappa shape index (κ2) is 6.96. The molecule has 3 heterocycles. The van der Waals surface area contributed by atoms with Crippen molar-refractivity contribution in [2.45, 2.75) is 32.4 Å². The highest BCUT2D eigenvalue weighted by atomic mass is 16.5. The van der Waals surface area contributed by atoms with Gasteiger partial charge in [0.05, 0.1) is 36.3 Å². The number of para-hydroxylation sites is 1. The molecular weight excluding hydrogens is 348 g/mol. The van der Waals surface area contributed by atoms with Crippen molar-refractivity contribution in [3.05, 3.63) is 58.0 Å². The maximum Gasteiger partial charge on any atom is 0.261 e. The van der Waals surface area contributed by atoms with E-state index >= 15 is 0 Å². The maximum atomic E-state index is 13.0. The highest BCUT2D eigenvalue weighted by Gasteiger charge is 2.35. The lowest BCUT2D eigenvalue weighted by Gasteiger charge is -2.26. The molecule has 2 aromatic heterocycles. The van der Waals surface area contributed by atoms with Crippen LogP contribution in [0.2, 0.25) is 0 Å². The number of hydrogen-bond acceptors (Lipinski definition) is 6. The van der Waals surface area contributed by atoms with Gasteiger partial charge in [0.2, 0.25) is 0 Å². The molecule has 0 spiro atoms. The minimum Gasteiger partial charge on any atom is -0.395 e. The third-order valence-electron chi connectivity index (χ3n) is 5.01. The molecule has 1 atom stereocenters. The fraction of sp³-hybridized carbons (Fsp3) is 0.368. The topological polar surface area (TPSA) is 101 Å². The lowest BCUT2D eigenvalue weighted by molar-refractivity contribution is 0.0724. The van der Waals surface area contributed by atoms with Crippen LogP contribution in [0.1, 0.15) is 40.8 Å². The number of aliphatic hydroxyl groups is 1. The average Bonchev–Trinajstić information content (AvgIpc) is 3.32. The minimum absolute atomic E-state index is 0.136. The second-order valence-electron chi connectivity index (χ2n) is 6.62. The summed E-state index contributed by atoms with van der Waals surface area (Å²) < 4.78 is 6.51. The zero-order chi connectivity index (χ0) is 19.0. The van der Waals surface area contributed by atoms with Crippen molar-refractivity contribution in [3.8, 4) is 0 Å². The lowest BCUT2D eigenvalue weighted by Crippen LogP contribution is -2.36. The van der Waals surface area contributed by atoms with Gasteiger partial charge >= 0.3 is 0 Å². The molecule has 0 aliphatic carbocycles. The second-order valence-corrected chi connectivity index (χ2v) is 6.62. The first-order chi connectivity index (χ1) is 13.1. The van der Waals surface area contributed by atoms with E-state index in [0.717, 1.165) is 6.42 Å². The predicted molar refractivity (Wildman–Crippen MR) is 97.3 cm³/mol. The number of aromatic nitrogens is 3. The van der Waals surface area contributed by atoms with E-state index in [2.05, 4.69) is 5.16 Å². The van der Waals surface area contributed by atoms with E-state index in [-0.39, 0.29) is 30.7 Å². The third-order valence-corrected chi connectivity index (χ3v) is 5.01. The normalized spacial score (nSPS) is 17.0. The Balaban J connectivity index is 1.82. The Kier molecular flexibility index (Phi) is 4.49. The molecule has 1 fully saturated rings.